The minimum Gasteiger partial charge on any atom is -0.463 e. The zero-order valence-corrected chi connectivity index (χ0v) is 12.9. The van der Waals surface area contributed by atoms with Gasteiger partial charge in [0.25, 0.3) is 0 Å². The van der Waals surface area contributed by atoms with E-state index in [1.807, 2.05) is 0 Å². The summed E-state index contributed by atoms with van der Waals surface area (Å²) < 4.78 is 31.7. The summed E-state index contributed by atoms with van der Waals surface area (Å²) in [5, 5.41) is 0. The van der Waals surface area contributed by atoms with Crippen LogP contribution in [-0.4, -0.2) is 70.6 Å². The lowest BCUT2D eigenvalue weighted by atomic mass is 9.98. The minimum atomic E-state index is -0.968. The molecule has 0 aromatic heterocycles. The average Bonchev–Trinajstić information content (AvgIpc) is 2.43. The first-order chi connectivity index (χ1) is 9.94. The number of ether oxygens (including phenoxy) is 6. The third-order valence-corrected chi connectivity index (χ3v) is 3.14. The molecule has 8 nitrogen and oxygen atoms in total. The van der Waals surface area contributed by atoms with E-state index in [1.54, 1.807) is 0 Å². The molecule has 8 heteroatoms. The predicted molar refractivity (Wildman–Crippen MR) is 69.5 cm³/mol. The number of esters is 2. The average molecular weight is 306 g/mol. The smallest absolute Gasteiger partial charge is 0.305 e. The fraction of sp³-hybridized carbons (Fsp3) is 0.846. The molecule has 5 atom stereocenters. The van der Waals surface area contributed by atoms with Crippen molar-refractivity contribution in [3.8, 4) is 0 Å². The summed E-state index contributed by atoms with van der Waals surface area (Å²) >= 11 is 0. The van der Waals surface area contributed by atoms with E-state index in [4.69, 9.17) is 28.4 Å². The first-order valence-electron chi connectivity index (χ1n) is 6.49. The van der Waals surface area contributed by atoms with Crippen molar-refractivity contribution in [2.45, 2.75) is 44.6 Å². The number of carbonyl (C=O) groups is 2. The summed E-state index contributed by atoms with van der Waals surface area (Å²) in [5.74, 6) is -0.959. The van der Waals surface area contributed by atoms with Crippen LogP contribution in [0.4, 0.5) is 0 Å². The quantitative estimate of drug-likeness (QED) is 0.628. The van der Waals surface area contributed by atoms with E-state index in [-0.39, 0.29) is 6.61 Å². The monoisotopic (exact) mass is 306 g/mol. The highest BCUT2D eigenvalue weighted by Gasteiger charge is 2.48. The summed E-state index contributed by atoms with van der Waals surface area (Å²) in [6, 6.07) is 0. The van der Waals surface area contributed by atoms with Crippen LogP contribution in [0.25, 0.3) is 0 Å². The van der Waals surface area contributed by atoms with Gasteiger partial charge >= 0.3 is 11.9 Å². The molecule has 0 bridgehead atoms. The van der Waals surface area contributed by atoms with Crippen molar-refractivity contribution in [3.63, 3.8) is 0 Å². The van der Waals surface area contributed by atoms with Crippen LogP contribution in [0.1, 0.15) is 13.8 Å². The van der Waals surface area contributed by atoms with Crippen molar-refractivity contribution in [1.82, 2.24) is 0 Å². The number of hydrogen-bond donors (Lipinski definition) is 0. The zero-order valence-electron chi connectivity index (χ0n) is 12.9. The molecule has 1 heterocycles. The molecule has 0 aromatic carbocycles. The van der Waals surface area contributed by atoms with Crippen molar-refractivity contribution >= 4 is 11.9 Å². The van der Waals surface area contributed by atoms with Crippen LogP contribution in [-0.2, 0) is 38.0 Å². The Hall–Kier alpha value is -1.22. The molecule has 0 N–H and O–H groups in total. The first-order valence-corrected chi connectivity index (χ1v) is 6.49. The van der Waals surface area contributed by atoms with Crippen LogP contribution >= 0.6 is 0 Å². The third kappa shape index (κ3) is 4.63. The van der Waals surface area contributed by atoms with Gasteiger partial charge in [-0.05, 0) is 0 Å². The minimum absolute atomic E-state index is 0.0398. The number of hydrogen-bond acceptors (Lipinski definition) is 8. The van der Waals surface area contributed by atoms with Gasteiger partial charge in [-0.15, -0.1) is 0 Å². The largest absolute Gasteiger partial charge is 0.463 e. The van der Waals surface area contributed by atoms with E-state index in [1.165, 1.54) is 35.2 Å². The Balaban J connectivity index is 2.91. The summed E-state index contributed by atoms with van der Waals surface area (Å²) in [6.45, 7) is 2.52. The lowest BCUT2D eigenvalue weighted by Gasteiger charge is -2.43. The van der Waals surface area contributed by atoms with Crippen LogP contribution in [0, 0.1) is 0 Å². The maximum atomic E-state index is 11.2. The highest BCUT2D eigenvalue weighted by Crippen LogP contribution is 2.28. The van der Waals surface area contributed by atoms with Gasteiger partial charge in [0, 0.05) is 35.2 Å². The molecule has 1 fully saturated rings. The Labute approximate surface area is 123 Å². The molecule has 1 aliphatic rings. The highest BCUT2D eigenvalue weighted by molar-refractivity contribution is 5.66. The van der Waals surface area contributed by atoms with Crippen molar-refractivity contribution < 1.29 is 38.0 Å². The lowest BCUT2D eigenvalue weighted by Crippen LogP contribution is -2.61. The molecule has 0 saturated carbocycles. The van der Waals surface area contributed by atoms with Gasteiger partial charge in [-0.1, -0.05) is 0 Å². The molecule has 0 aromatic rings. The Kier molecular flexibility index (Phi) is 7.03. The molecule has 0 spiro atoms. The first kappa shape index (κ1) is 17.8. The SMILES string of the molecule is CO[C@@H]1[C@@H](OC)[C@H](OC(C)=O)O[C@H](COC(C)=O)[C@H]1OC. The van der Waals surface area contributed by atoms with E-state index in [2.05, 4.69) is 0 Å². The number of carbonyl (C=O) groups excluding carboxylic acids is 2. The van der Waals surface area contributed by atoms with Crippen molar-refractivity contribution in [3.05, 3.63) is 0 Å². The normalized spacial score (nSPS) is 32.5. The summed E-state index contributed by atoms with van der Waals surface area (Å²) in [6.07, 6.45) is -3.34. The summed E-state index contributed by atoms with van der Waals surface area (Å²) in [5.41, 5.74) is 0. The summed E-state index contributed by atoms with van der Waals surface area (Å²) in [7, 11) is 4.43. The standard InChI is InChI=1S/C13H22O8/c1-7(14)19-6-9-10(16-3)11(17-4)12(18-5)13(21-9)20-8(2)15/h9-13H,6H2,1-5H3/t9-,10-,11+,12-,13-/m1/s1. The molecule has 0 aliphatic carbocycles. The molecule has 0 amide bonds. The van der Waals surface area contributed by atoms with E-state index in [0.29, 0.717) is 0 Å². The topological polar surface area (TPSA) is 89.5 Å². The summed E-state index contributed by atoms with van der Waals surface area (Å²) in [4.78, 5) is 22.1. The van der Waals surface area contributed by atoms with Gasteiger partial charge in [-0.2, -0.15) is 0 Å². The third-order valence-electron chi connectivity index (χ3n) is 3.14. The number of methoxy groups -OCH3 is 3. The van der Waals surface area contributed by atoms with Crippen molar-refractivity contribution in [2.24, 2.45) is 0 Å². The predicted octanol–water partition coefficient (Wildman–Crippen LogP) is -0.117. The van der Waals surface area contributed by atoms with Crippen LogP contribution < -0.4 is 0 Å². The van der Waals surface area contributed by atoms with Crippen molar-refractivity contribution in [1.29, 1.82) is 0 Å². The van der Waals surface area contributed by atoms with Gasteiger partial charge in [0.05, 0.1) is 0 Å². The molecular weight excluding hydrogens is 284 g/mol. The zero-order chi connectivity index (χ0) is 16.0. The van der Waals surface area contributed by atoms with Gasteiger partial charge in [0.2, 0.25) is 6.29 Å². The molecule has 1 saturated heterocycles. The molecular formula is C13H22O8. The maximum Gasteiger partial charge on any atom is 0.305 e. The fourth-order valence-corrected chi connectivity index (χ4v) is 2.27. The molecule has 0 radical (unpaired) electrons. The Morgan fingerprint density at radius 2 is 1.48 bits per heavy atom. The van der Waals surface area contributed by atoms with Gasteiger partial charge in [-0.3, -0.25) is 9.59 Å². The van der Waals surface area contributed by atoms with Crippen LogP contribution in [0.3, 0.4) is 0 Å². The van der Waals surface area contributed by atoms with Gasteiger partial charge < -0.3 is 28.4 Å². The van der Waals surface area contributed by atoms with Crippen molar-refractivity contribution in [2.75, 3.05) is 27.9 Å². The maximum absolute atomic E-state index is 11.2. The molecule has 122 valence electrons. The molecule has 21 heavy (non-hydrogen) atoms. The highest BCUT2D eigenvalue weighted by atomic mass is 16.7. The Morgan fingerprint density at radius 3 is 1.90 bits per heavy atom. The van der Waals surface area contributed by atoms with Gasteiger partial charge in [-0.25, -0.2) is 0 Å². The van der Waals surface area contributed by atoms with Crippen LogP contribution in [0.2, 0.25) is 0 Å². The number of rotatable bonds is 6. The Bertz CT molecular complexity index is 358. The van der Waals surface area contributed by atoms with E-state index >= 15 is 0 Å². The van der Waals surface area contributed by atoms with Crippen LogP contribution in [0.15, 0.2) is 0 Å². The molecule has 0 unspecified atom stereocenters. The van der Waals surface area contributed by atoms with E-state index < -0.39 is 42.6 Å². The lowest BCUT2D eigenvalue weighted by molar-refractivity contribution is -0.304. The fourth-order valence-electron chi connectivity index (χ4n) is 2.27. The molecule has 1 aliphatic heterocycles. The second-order valence-electron chi connectivity index (χ2n) is 4.56. The van der Waals surface area contributed by atoms with Gasteiger partial charge in [0.1, 0.15) is 31.0 Å². The van der Waals surface area contributed by atoms with Gasteiger partial charge in [0.15, 0.2) is 0 Å². The molecule has 1 rings (SSSR count). The van der Waals surface area contributed by atoms with E-state index in [9.17, 15) is 9.59 Å². The second-order valence-corrected chi connectivity index (χ2v) is 4.56. The van der Waals surface area contributed by atoms with Crippen LogP contribution in [0.5, 0.6) is 0 Å². The second kappa shape index (κ2) is 8.28. The van der Waals surface area contributed by atoms with E-state index in [0.717, 1.165) is 0 Å². The Morgan fingerprint density at radius 1 is 0.905 bits per heavy atom.